The number of carbonyl (C=O) groups is 1. The molecule has 1 aliphatic carbocycles. The molecule has 1 heterocycles. The van der Waals surface area contributed by atoms with Crippen LogP contribution in [0.2, 0.25) is 0 Å². The van der Waals surface area contributed by atoms with Crippen molar-refractivity contribution in [1.29, 1.82) is 0 Å². The molecule has 0 aliphatic heterocycles. The Morgan fingerprint density at radius 3 is 1.50 bits per heavy atom. The average molecular weight is 505 g/mol. The van der Waals surface area contributed by atoms with Gasteiger partial charge in [-0.2, -0.15) is 0 Å². The number of ketones is 1. The largest absolute Gasteiger partial charge is 0.507 e. The number of aromatic hydroxyl groups is 1. The standard InChI is InChI=1S/C33H44O2S/c1-30(2,3)22-16-20(17-23(28(22)34)31(4,5)6)27(26-14-13-15-36-26)21-18-24(32(7,8)9)29(35)25(19-21)33(10,11)12/h13-19,34H,1-12H3. The summed E-state index contributed by atoms with van der Waals surface area (Å²) in [5.74, 6) is 0.519. The number of benzene rings is 1. The van der Waals surface area contributed by atoms with Gasteiger partial charge >= 0.3 is 0 Å². The summed E-state index contributed by atoms with van der Waals surface area (Å²) in [4.78, 5) is 14.8. The Labute approximate surface area is 222 Å². The van der Waals surface area contributed by atoms with Crippen molar-refractivity contribution in [3.63, 3.8) is 0 Å². The molecule has 0 saturated heterocycles. The van der Waals surface area contributed by atoms with Crippen molar-refractivity contribution in [1.82, 2.24) is 0 Å². The van der Waals surface area contributed by atoms with Crippen LogP contribution in [0.25, 0.3) is 5.57 Å². The van der Waals surface area contributed by atoms with Gasteiger partial charge < -0.3 is 5.11 Å². The molecule has 3 heteroatoms. The lowest BCUT2D eigenvalue weighted by molar-refractivity contribution is -0.114. The smallest absolute Gasteiger partial charge is 0.186 e. The second-order valence-electron chi connectivity index (χ2n) is 14.2. The molecule has 1 aromatic heterocycles. The van der Waals surface area contributed by atoms with Crippen LogP contribution >= 0.6 is 11.3 Å². The first kappa shape index (κ1) is 28.2. The molecule has 1 aliphatic rings. The van der Waals surface area contributed by atoms with Gasteiger partial charge in [0, 0.05) is 32.7 Å². The minimum Gasteiger partial charge on any atom is -0.507 e. The van der Waals surface area contributed by atoms with Crippen molar-refractivity contribution in [3.8, 4) is 5.75 Å². The highest BCUT2D eigenvalue weighted by atomic mass is 32.1. The van der Waals surface area contributed by atoms with Crippen LogP contribution in [0.1, 0.15) is 105 Å². The van der Waals surface area contributed by atoms with Crippen molar-refractivity contribution in [3.05, 3.63) is 80.1 Å². The Morgan fingerprint density at radius 1 is 0.722 bits per heavy atom. The number of hydrogen-bond donors (Lipinski definition) is 1. The van der Waals surface area contributed by atoms with E-state index in [2.05, 4.69) is 125 Å². The van der Waals surface area contributed by atoms with Gasteiger partial charge in [-0.3, -0.25) is 4.79 Å². The summed E-state index contributed by atoms with van der Waals surface area (Å²) in [5.41, 5.74) is 5.76. The fraction of sp³-hybridized carbons (Fsp3) is 0.485. The molecule has 0 saturated carbocycles. The van der Waals surface area contributed by atoms with Crippen LogP contribution in [0, 0.1) is 10.8 Å². The fourth-order valence-electron chi connectivity index (χ4n) is 4.68. The van der Waals surface area contributed by atoms with E-state index in [9.17, 15) is 9.90 Å². The van der Waals surface area contributed by atoms with Gasteiger partial charge in [0.15, 0.2) is 5.78 Å². The quantitative estimate of drug-likeness (QED) is 0.442. The highest BCUT2D eigenvalue weighted by Gasteiger charge is 2.35. The molecule has 1 N–H and O–H groups in total. The number of hydrogen-bond acceptors (Lipinski definition) is 3. The van der Waals surface area contributed by atoms with E-state index in [4.69, 9.17) is 0 Å². The summed E-state index contributed by atoms with van der Waals surface area (Å²) in [5, 5.41) is 13.5. The van der Waals surface area contributed by atoms with Crippen molar-refractivity contribution < 1.29 is 9.90 Å². The predicted octanol–water partition coefficient (Wildman–Crippen LogP) is 9.38. The van der Waals surface area contributed by atoms with E-state index in [1.807, 2.05) is 0 Å². The molecule has 1 aromatic carbocycles. The van der Waals surface area contributed by atoms with Crippen LogP contribution in [-0.2, 0) is 15.6 Å². The van der Waals surface area contributed by atoms with Gasteiger partial charge in [-0.1, -0.05) is 89.2 Å². The first-order chi connectivity index (χ1) is 16.2. The zero-order valence-corrected chi connectivity index (χ0v) is 25.1. The number of phenolic OH excluding ortho intramolecular Hbond substituents is 1. The van der Waals surface area contributed by atoms with Gasteiger partial charge in [-0.25, -0.2) is 0 Å². The van der Waals surface area contributed by atoms with Gasteiger partial charge in [-0.05, 0) is 68.5 Å². The second kappa shape index (κ2) is 9.17. The lowest BCUT2D eigenvalue weighted by Gasteiger charge is -2.32. The summed E-state index contributed by atoms with van der Waals surface area (Å²) in [6.07, 6.45) is 4.21. The van der Waals surface area contributed by atoms with E-state index in [1.54, 1.807) is 11.3 Å². The third-order valence-electron chi connectivity index (χ3n) is 6.78. The van der Waals surface area contributed by atoms with Crippen LogP contribution in [0.3, 0.4) is 0 Å². The number of carbonyl (C=O) groups excluding carboxylic acids is 1. The first-order valence-electron chi connectivity index (χ1n) is 12.9. The molecule has 3 rings (SSSR count). The summed E-state index contributed by atoms with van der Waals surface area (Å²) in [6, 6.07) is 8.53. The van der Waals surface area contributed by atoms with E-state index >= 15 is 0 Å². The molecule has 0 unspecified atom stereocenters. The molecule has 0 radical (unpaired) electrons. The molecule has 2 nitrogen and oxygen atoms in total. The Bertz CT molecular complexity index is 1180. The zero-order valence-electron chi connectivity index (χ0n) is 24.3. The molecule has 0 spiro atoms. The molecule has 0 atom stereocenters. The third kappa shape index (κ3) is 5.62. The Hall–Kier alpha value is -2.39. The van der Waals surface area contributed by atoms with E-state index in [0.717, 1.165) is 43.9 Å². The normalized spacial score (nSPS) is 15.7. The van der Waals surface area contributed by atoms with E-state index in [0.29, 0.717) is 5.75 Å². The third-order valence-corrected chi connectivity index (χ3v) is 7.66. The maximum absolute atomic E-state index is 13.6. The topological polar surface area (TPSA) is 37.3 Å². The van der Waals surface area contributed by atoms with Crippen LogP contribution in [-0.4, -0.2) is 10.9 Å². The molecular weight excluding hydrogens is 460 g/mol. The van der Waals surface area contributed by atoms with Gasteiger partial charge in [-0.15, -0.1) is 11.3 Å². The Kier molecular flexibility index (Phi) is 7.18. The lowest BCUT2D eigenvalue weighted by atomic mass is 9.71. The molecule has 36 heavy (non-hydrogen) atoms. The summed E-state index contributed by atoms with van der Waals surface area (Å²) >= 11 is 1.70. The predicted molar refractivity (Wildman–Crippen MR) is 156 cm³/mol. The monoisotopic (exact) mass is 504 g/mol. The van der Waals surface area contributed by atoms with Crippen LogP contribution < -0.4 is 0 Å². The van der Waals surface area contributed by atoms with Crippen molar-refractivity contribution in [2.24, 2.45) is 10.8 Å². The number of Topliss-reactive ketones (excluding diaryl/α,β-unsaturated/α-hetero) is 1. The summed E-state index contributed by atoms with van der Waals surface area (Å²) < 4.78 is 0. The maximum Gasteiger partial charge on any atom is 0.186 e. The minimum absolute atomic E-state index is 0.140. The minimum atomic E-state index is -0.282. The molecule has 0 amide bonds. The first-order valence-corrected chi connectivity index (χ1v) is 13.8. The number of thiophene rings is 1. The lowest BCUT2D eigenvalue weighted by Crippen LogP contribution is -2.28. The summed E-state index contributed by atoms with van der Waals surface area (Å²) in [7, 11) is 0. The van der Waals surface area contributed by atoms with Crippen molar-refractivity contribution in [2.45, 2.75) is 93.9 Å². The van der Waals surface area contributed by atoms with Gasteiger partial charge in [0.2, 0.25) is 0 Å². The van der Waals surface area contributed by atoms with Crippen molar-refractivity contribution >= 4 is 22.7 Å². The van der Waals surface area contributed by atoms with E-state index < -0.39 is 0 Å². The Morgan fingerprint density at radius 2 is 1.17 bits per heavy atom. The van der Waals surface area contributed by atoms with Crippen LogP contribution in [0.15, 0.2) is 58.5 Å². The number of rotatable bonds is 2. The highest BCUT2D eigenvalue weighted by Crippen LogP contribution is 2.46. The molecule has 0 bridgehead atoms. The fourth-order valence-corrected chi connectivity index (χ4v) is 5.50. The molecule has 194 valence electrons. The molecule has 0 fully saturated rings. The molecular formula is C33H44O2S. The number of allylic oxidation sites excluding steroid dienone is 5. The highest BCUT2D eigenvalue weighted by molar-refractivity contribution is 7.11. The average Bonchev–Trinajstić information content (AvgIpc) is 3.20. The SMILES string of the molecule is CC(C)(C)C1=CC(=C(c2cc(C(C)(C)C)c(O)c(C(C)(C)C)c2)c2cccs2)C=C(C(C)(C)C)C1=O. The Balaban J connectivity index is 2.53. The summed E-state index contributed by atoms with van der Waals surface area (Å²) in [6.45, 7) is 25.5. The van der Waals surface area contributed by atoms with Gasteiger partial charge in [0.05, 0.1) is 0 Å². The van der Waals surface area contributed by atoms with Gasteiger partial charge in [0.1, 0.15) is 5.75 Å². The van der Waals surface area contributed by atoms with Crippen LogP contribution in [0.5, 0.6) is 5.75 Å². The van der Waals surface area contributed by atoms with E-state index in [1.165, 1.54) is 0 Å². The van der Waals surface area contributed by atoms with Crippen molar-refractivity contribution in [2.75, 3.05) is 0 Å². The zero-order chi connectivity index (χ0) is 27.4. The number of phenols is 1. The van der Waals surface area contributed by atoms with Crippen LogP contribution in [0.4, 0.5) is 0 Å². The van der Waals surface area contributed by atoms with Gasteiger partial charge in [0.25, 0.3) is 0 Å². The molecule has 2 aromatic rings. The van der Waals surface area contributed by atoms with E-state index in [-0.39, 0.29) is 27.4 Å². The second-order valence-corrected chi connectivity index (χ2v) is 15.1. The maximum atomic E-state index is 13.6.